The normalized spacial score (nSPS) is 11.9. The van der Waals surface area contributed by atoms with E-state index >= 15 is 0 Å². The number of aryl methyl sites for hydroxylation is 1. The summed E-state index contributed by atoms with van der Waals surface area (Å²) in [5.41, 5.74) is 5.82. The molecule has 0 amide bonds. The van der Waals surface area contributed by atoms with E-state index in [0.29, 0.717) is 15.9 Å². The summed E-state index contributed by atoms with van der Waals surface area (Å²) in [7, 11) is 1.60. The summed E-state index contributed by atoms with van der Waals surface area (Å²) < 4.78 is 40.9. The SMILES string of the molecule is Cc1c(-c2ccc(Br)cc2C(F)(F)F)nn(C)c1N. The molecular formula is C12H11BrF3N3. The van der Waals surface area contributed by atoms with Crippen LogP contribution in [0, 0.1) is 6.92 Å². The van der Waals surface area contributed by atoms with Gasteiger partial charge in [0.15, 0.2) is 0 Å². The van der Waals surface area contributed by atoms with Crippen molar-refractivity contribution in [1.82, 2.24) is 9.78 Å². The monoisotopic (exact) mass is 333 g/mol. The van der Waals surface area contributed by atoms with Crippen LogP contribution in [0.4, 0.5) is 19.0 Å². The molecule has 2 N–H and O–H groups in total. The molecule has 0 aliphatic carbocycles. The van der Waals surface area contributed by atoms with E-state index in [4.69, 9.17) is 5.73 Å². The van der Waals surface area contributed by atoms with Gasteiger partial charge in [-0.25, -0.2) is 0 Å². The lowest BCUT2D eigenvalue weighted by molar-refractivity contribution is -0.137. The summed E-state index contributed by atoms with van der Waals surface area (Å²) in [5, 5.41) is 4.06. The Morgan fingerprint density at radius 1 is 1.32 bits per heavy atom. The van der Waals surface area contributed by atoms with Crippen LogP contribution in [0.1, 0.15) is 11.1 Å². The summed E-state index contributed by atoms with van der Waals surface area (Å²) in [5.74, 6) is 0.353. The van der Waals surface area contributed by atoms with E-state index in [9.17, 15) is 13.2 Å². The zero-order chi connectivity index (χ0) is 14.4. The molecule has 0 unspecified atom stereocenters. The summed E-state index contributed by atoms with van der Waals surface area (Å²) in [6, 6.07) is 3.98. The molecule has 2 aromatic rings. The summed E-state index contributed by atoms with van der Waals surface area (Å²) >= 11 is 3.05. The molecule has 2 rings (SSSR count). The molecule has 102 valence electrons. The first-order valence-corrected chi connectivity index (χ1v) is 6.17. The smallest absolute Gasteiger partial charge is 0.384 e. The number of aromatic nitrogens is 2. The van der Waals surface area contributed by atoms with Crippen molar-refractivity contribution < 1.29 is 13.2 Å². The van der Waals surface area contributed by atoms with Crippen LogP contribution in [-0.2, 0) is 13.2 Å². The van der Waals surface area contributed by atoms with Gasteiger partial charge >= 0.3 is 6.18 Å². The van der Waals surface area contributed by atoms with E-state index in [2.05, 4.69) is 21.0 Å². The quantitative estimate of drug-likeness (QED) is 0.863. The van der Waals surface area contributed by atoms with Gasteiger partial charge in [-0.05, 0) is 19.1 Å². The molecule has 0 atom stereocenters. The fraction of sp³-hybridized carbons (Fsp3) is 0.250. The molecular weight excluding hydrogens is 323 g/mol. The summed E-state index contributed by atoms with van der Waals surface area (Å²) in [4.78, 5) is 0. The van der Waals surface area contributed by atoms with Crippen molar-refractivity contribution in [2.75, 3.05) is 5.73 Å². The Balaban J connectivity index is 2.72. The molecule has 0 spiro atoms. The first kappa shape index (κ1) is 13.9. The standard InChI is InChI=1S/C12H11BrF3N3/c1-6-10(18-19(2)11(6)17)8-4-3-7(13)5-9(8)12(14,15)16/h3-5H,17H2,1-2H3. The van der Waals surface area contributed by atoms with Gasteiger partial charge in [-0.3, -0.25) is 4.68 Å². The Morgan fingerprint density at radius 2 is 1.95 bits per heavy atom. The van der Waals surface area contributed by atoms with Crippen molar-refractivity contribution in [2.24, 2.45) is 7.05 Å². The Bertz CT molecular complexity index is 632. The second-order valence-electron chi connectivity index (χ2n) is 4.17. The lowest BCUT2D eigenvalue weighted by atomic mass is 10.0. The predicted molar refractivity (Wildman–Crippen MR) is 70.5 cm³/mol. The largest absolute Gasteiger partial charge is 0.417 e. The minimum Gasteiger partial charge on any atom is -0.384 e. The van der Waals surface area contributed by atoms with Crippen molar-refractivity contribution in [1.29, 1.82) is 0 Å². The van der Waals surface area contributed by atoms with Crippen LogP contribution in [0.15, 0.2) is 22.7 Å². The number of hydrogen-bond donors (Lipinski definition) is 1. The molecule has 0 radical (unpaired) electrons. The maximum absolute atomic E-state index is 13.1. The number of nitrogens with zero attached hydrogens (tertiary/aromatic N) is 2. The van der Waals surface area contributed by atoms with E-state index < -0.39 is 11.7 Å². The molecule has 1 heterocycles. The topological polar surface area (TPSA) is 43.8 Å². The Morgan fingerprint density at radius 3 is 2.42 bits per heavy atom. The number of rotatable bonds is 1. The van der Waals surface area contributed by atoms with E-state index in [1.165, 1.54) is 10.7 Å². The van der Waals surface area contributed by atoms with Crippen LogP contribution < -0.4 is 5.73 Å². The van der Waals surface area contributed by atoms with Crippen LogP contribution in [0.5, 0.6) is 0 Å². The number of alkyl halides is 3. The molecule has 1 aromatic carbocycles. The van der Waals surface area contributed by atoms with Crippen molar-refractivity contribution in [3.05, 3.63) is 33.8 Å². The van der Waals surface area contributed by atoms with Gasteiger partial charge < -0.3 is 5.73 Å². The average molecular weight is 334 g/mol. The van der Waals surface area contributed by atoms with Gasteiger partial charge in [0.1, 0.15) is 5.82 Å². The Hall–Kier alpha value is -1.50. The van der Waals surface area contributed by atoms with Crippen molar-refractivity contribution in [2.45, 2.75) is 13.1 Å². The van der Waals surface area contributed by atoms with Crippen LogP contribution in [0.2, 0.25) is 0 Å². The van der Waals surface area contributed by atoms with Crippen molar-refractivity contribution in [3.8, 4) is 11.3 Å². The van der Waals surface area contributed by atoms with Gasteiger partial charge in [0.25, 0.3) is 0 Å². The maximum Gasteiger partial charge on any atom is 0.417 e. The van der Waals surface area contributed by atoms with Gasteiger partial charge in [0, 0.05) is 22.6 Å². The van der Waals surface area contributed by atoms with Gasteiger partial charge in [-0.1, -0.05) is 22.0 Å². The third kappa shape index (κ3) is 2.47. The second kappa shape index (κ2) is 4.56. The summed E-state index contributed by atoms with van der Waals surface area (Å²) in [6.45, 7) is 1.65. The fourth-order valence-corrected chi connectivity index (χ4v) is 2.22. The molecule has 19 heavy (non-hydrogen) atoms. The number of hydrogen-bond acceptors (Lipinski definition) is 2. The van der Waals surface area contributed by atoms with Crippen LogP contribution in [0.3, 0.4) is 0 Å². The molecule has 7 heteroatoms. The van der Waals surface area contributed by atoms with Crippen LogP contribution in [-0.4, -0.2) is 9.78 Å². The van der Waals surface area contributed by atoms with E-state index in [0.717, 1.165) is 6.07 Å². The number of benzene rings is 1. The average Bonchev–Trinajstić information content (AvgIpc) is 2.56. The molecule has 0 aliphatic heterocycles. The highest BCUT2D eigenvalue weighted by atomic mass is 79.9. The fourth-order valence-electron chi connectivity index (χ4n) is 1.86. The van der Waals surface area contributed by atoms with Gasteiger partial charge in [0.2, 0.25) is 0 Å². The van der Waals surface area contributed by atoms with Crippen LogP contribution >= 0.6 is 15.9 Å². The molecule has 3 nitrogen and oxygen atoms in total. The highest BCUT2D eigenvalue weighted by Gasteiger charge is 2.35. The minimum absolute atomic E-state index is 0.0282. The molecule has 0 saturated heterocycles. The van der Waals surface area contributed by atoms with E-state index in [1.54, 1.807) is 20.0 Å². The number of halogens is 4. The maximum atomic E-state index is 13.1. The zero-order valence-electron chi connectivity index (χ0n) is 10.2. The third-order valence-electron chi connectivity index (χ3n) is 2.88. The highest BCUT2D eigenvalue weighted by molar-refractivity contribution is 9.10. The number of nitrogens with two attached hydrogens (primary N) is 1. The van der Waals surface area contributed by atoms with Gasteiger partial charge in [0.05, 0.1) is 11.3 Å². The lowest BCUT2D eigenvalue weighted by Crippen LogP contribution is -2.07. The zero-order valence-corrected chi connectivity index (χ0v) is 11.8. The van der Waals surface area contributed by atoms with Gasteiger partial charge in [-0.2, -0.15) is 18.3 Å². The molecule has 0 aliphatic rings. The lowest BCUT2D eigenvalue weighted by Gasteiger charge is -2.12. The first-order valence-electron chi connectivity index (χ1n) is 5.38. The van der Waals surface area contributed by atoms with Gasteiger partial charge in [-0.15, -0.1) is 0 Å². The molecule has 0 bridgehead atoms. The molecule has 0 fully saturated rings. The van der Waals surface area contributed by atoms with Crippen molar-refractivity contribution in [3.63, 3.8) is 0 Å². The highest BCUT2D eigenvalue weighted by Crippen LogP contribution is 2.39. The van der Waals surface area contributed by atoms with E-state index in [1.807, 2.05) is 0 Å². The number of anilines is 1. The first-order chi connectivity index (χ1) is 8.71. The third-order valence-corrected chi connectivity index (χ3v) is 3.37. The predicted octanol–water partition coefficient (Wildman–Crippen LogP) is 3.76. The van der Waals surface area contributed by atoms with Crippen LogP contribution in [0.25, 0.3) is 11.3 Å². The molecule has 0 saturated carbocycles. The molecule has 1 aromatic heterocycles. The summed E-state index contributed by atoms with van der Waals surface area (Å²) in [6.07, 6.45) is -4.45. The van der Waals surface area contributed by atoms with E-state index in [-0.39, 0.29) is 11.3 Å². The Labute approximate surface area is 116 Å². The Kier molecular flexibility index (Phi) is 3.34. The second-order valence-corrected chi connectivity index (χ2v) is 5.09. The number of nitrogen functional groups attached to an aromatic ring is 1. The minimum atomic E-state index is -4.45. The van der Waals surface area contributed by atoms with Crippen molar-refractivity contribution >= 4 is 21.7 Å².